The van der Waals surface area contributed by atoms with Gasteiger partial charge in [0.25, 0.3) is 0 Å². The molecule has 2 aliphatic carbocycles. The predicted octanol–water partition coefficient (Wildman–Crippen LogP) is 3.61. The first-order valence-corrected chi connectivity index (χ1v) is 7.76. The molecule has 0 spiro atoms. The van der Waals surface area contributed by atoms with Gasteiger partial charge in [0.1, 0.15) is 0 Å². The average molecular weight is 253 g/mol. The average Bonchev–Trinajstić information content (AvgIpc) is 2.66. The minimum absolute atomic E-state index is 0.405. The van der Waals surface area contributed by atoms with Gasteiger partial charge in [0, 0.05) is 6.04 Å². The van der Waals surface area contributed by atoms with Crippen molar-refractivity contribution in [2.24, 2.45) is 16.7 Å². The molecular formula is C16H31NO. The summed E-state index contributed by atoms with van der Waals surface area (Å²) in [5, 5.41) is 3.51. The molecule has 2 bridgehead atoms. The van der Waals surface area contributed by atoms with E-state index in [9.17, 15) is 0 Å². The number of nitrogens with one attached hydrogen (secondary N) is 1. The third kappa shape index (κ3) is 2.22. The molecule has 2 rings (SSSR count). The van der Waals surface area contributed by atoms with Crippen LogP contribution in [0.25, 0.3) is 0 Å². The second kappa shape index (κ2) is 5.13. The van der Waals surface area contributed by atoms with Gasteiger partial charge in [-0.2, -0.15) is 0 Å². The summed E-state index contributed by atoms with van der Waals surface area (Å²) < 4.78 is 6.27. The molecule has 2 fully saturated rings. The van der Waals surface area contributed by atoms with Gasteiger partial charge in [-0.3, -0.25) is 0 Å². The highest BCUT2D eigenvalue weighted by Gasteiger charge is 2.61. The standard InChI is InChI=1S/C16H31NO/c1-6-9-17-12(2)11-18-14-10-13-7-8-16(14,5)15(13,3)4/h12-14,17H,6-11H2,1-5H3. The van der Waals surface area contributed by atoms with Gasteiger partial charge in [0.05, 0.1) is 12.7 Å². The van der Waals surface area contributed by atoms with Crippen molar-refractivity contribution in [2.45, 2.75) is 72.4 Å². The van der Waals surface area contributed by atoms with Gasteiger partial charge >= 0.3 is 0 Å². The van der Waals surface area contributed by atoms with Crippen LogP contribution >= 0.6 is 0 Å². The van der Waals surface area contributed by atoms with E-state index < -0.39 is 0 Å². The molecular weight excluding hydrogens is 222 g/mol. The quantitative estimate of drug-likeness (QED) is 0.781. The summed E-state index contributed by atoms with van der Waals surface area (Å²) in [5.41, 5.74) is 0.875. The van der Waals surface area contributed by atoms with Gasteiger partial charge in [-0.15, -0.1) is 0 Å². The summed E-state index contributed by atoms with van der Waals surface area (Å²) in [6, 6.07) is 0.482. The maximum Gasteiger partial charge on any atom is 0.0637 e. The van der Waals surface area contributed by atoms with E-state index in [1.54, 1.807) is 0 Å². The fourth-order valence-electron chi connectivity index (χ4n) is 4.09. The molecule has 0 aromatic rings. The van der Waals surface area contributed by atoms with E-state index >= 15 is 0 Å². The van der Waals surface area contributed by atoms with Crippen molar-refractivity contribution in [2.75, 3.05) is 13.2 Å². The van der Waals surface area contributed by atoms with Gasteiger partial charge < -0.3 is 10.1 Å². The summed E-state index contributed by atoms with van der Waals surface area (Å²) >= 11 is 0. The first-order chi connectivity index (χ1) is 8.41. The van der Waals surface area contributed by atoms with E-state index in [4.69, 9.17) is 4.74 Å². The maximum atomic E-state index is 6.27. The molecule has 0 radical (unpaired) electrons. The molecule has 1 N–H and O–H groups in total. The van der Waals surface area contributed by atoms with Crippen molar-refractivity contribution in [1.82, 2.24) is 5.32 Å². The van der Waals surface area contributed by atoms with Crippen LogP contribution in [0.4, 0.5) is 0 Å². The lowest BCUT2D eigenvalue weighted by Gasteiger charge is -2.39. The van der Waals surface area contributed by atoms with Crippen LogP contribution in [0.15, 0.2) is 0 Å². The van der Waals surface area contributed by atoms with Gasteiger partial charge in [-0.1, -0.05) is 27.7 Å². The Balaban J connectivity index is 1.85. The first kappa shape index (κ1) is 14.3. The summed E-state index contributed by atoms with van der Waals surface area (Å²) in [7, 11) is 0. The molecule has 0 aliphatic heterocycles. The SMILES string of the molecule is CCCNC(C)COC1CC2CCC1(C)C2(C)C. The zero-order valence-electron chi connectivity index (χ0n) is 12.9. The van der Waals surface area contributed by atoms with E-state index in [2.05, 4.69) is 39.9 Å². The Bertz CT molecular complexity index is 289. The topological polar surface area (TPSA) is 21.3 Å². The summed E-state index contributed by atoms with van der Waals surface area (Å²) in [4.78, 5) is 0. The smallest absolute Gasteiger partial charge is 0.0637 e. The van der Waals surface area contributed by atoms with Gasteiger partial charge in [0.15, 0.2) is 0 Å². The molecule has 18 heavy (non-hydrogen) atoms. The molecule has 0 heterocycles. The van der Waals surface area contributed by atoms with Gasteiger partial charge in [-0.05, 0) is 55.9 Å². The zero-order valence-corrected chi connectivity index (χ0v) is 12.9. The Morgan fingerprint density at radius 2 is 2.06 bits per heavy atom. The summed E-state index contributed by atoms with van der Waals surface area (Å²) in [6.45, 7) is 13.8. The predicted molar refractivity (Wildman–Crippen MR) is 76.7 cm³/mol. The number of fused-ring (bicyclic) bond motifs is 2. The Labute approximate surface area is 113 Å². The second-order valence-electron chi connectivity index (χ2n) is 7.29. The van der Waals surface area contributed by atoms with Crippen LogP contribution < -0.4 is 5.32 Å². The number of hydrogen-bond acceptors (Lipinski definition) is 2. The van der Waals surface area contributed by atoms with Crippen LogP contribution in [-0.4, -0.2) is 25.3 Å². The highest BCUT2D eigenvalue weighted by Crippen LogP contribution is 2.66. The molecule has 0 aromatic heterocycles. The third-order valence-electron chi connectivity index (χ3n) is 6.00. The fourth-order valence-corrected chi connectivity index (χ4v) is 4.09. The van der Waals surface area contributed by atoms with Crippen LogP contribution in [0.1, 0.15) is 60.3 Å². The van der Waals surface area contributed by atoms with Gasteiger partial charge in [0.2, 0.25) is 0 Å². The number of hydrogen-bond donors (Lipinski definition) is 1. The van der Waals surface area contributed by atoms with Crippen LogP contribution in [0.3, 0.4) is 0 Å². The highest BCUT2D eigenvalue weighted by atomic mass is 16.5. The Kier molecular flexibility index (Phi) is 4.08. The minimum atomic E-state index is 0.405. The van der Waals surface area contributed by atoms with E-state index in [1.165, 1.54) is 25.7 Å². The van der Waals surface area contributed by atoms with Crippen molar-refractivity contribution in [3.05, 3.63) is 0 Å². The second-order valence-corrected chi connectivity index (χ2v) is 7.29. The van der Waals surface area contributed by atoms with Crippen molar-refractivity contribution in [3.8, 4) is 0 Å². The van der Waals surface area contributed by atoms with E-state index in [0.717, 1.165) is 19.1 Å². The lowest BCUT2D eigenvalue weighted by Crippen LogP contribution is -2.40. The molecule has 0 aromatic carbocycles. The molecule has 2 nitrogen and oxygen atoms in total. The fraction of sp³-hybridized carbons (Fsp3) is 1.00. The number of rotatable bonds is 6. The monoisotopic (exact) mass is 253 g/mol. The lowest BCUT2D eigenvalue weighted by molar-refractivity contribution is -0.0520. The van der Waals surface area contributed by atoms with Gasteiger partial charge in [-0.25, -0.2) is 0 Å². The van der Waals surface area contributed by atoms with Crippen LogP contribution in [-0.2, 0) is 4.74 Å². The molecule has 2 saturated carbocycles. The van der Waals surface area contributed by atoms with Crippen molar-refractivity contribution in [1.29, 1.82) is 0 Å². The summed E-state index contributed by atoms with van der Waals surface area (Å²) in [6.07, 6.45) is 5.72. The zero-order chi connectivity index (χ0) is 13.4. The van der Waals surface area contributed by atoms with Crippen molar-refractivity contribution in [3.63, 3.8) is 0 Å². The van der Waals surface area contributed by atoms with Crippen molar-refractivity contribution < 1.29 is 4.74 Å². The molecule has 0 amide bonds. The highest BCUT2D eigenvalue weighted by molar-refractivity contribution is 5.11. The Morgan fingerprint density at radius 3 is 2.56 bits per heavy atom. The number of ether oxygens (including phenoxy) is 1. The van der Waals surface area contributed by atoms with Crippen molar-refractivity contribution >= 4 is 0 Å². The molecule has 4 atom stereocenters. The van der Waals surface area contributed by atoms with E-state index in [-0.39, 0.29) is 0 Å². The largest absolute Gasteiger partial charge is 0.376 e. The van der Waals surface area contributed by atoms with E-state index in [0.29, 0.717) is 23.0 Å². The molecule has 2 aliphatic rings. The minimum Gasteiger partial charge on any atom is -0.376 e. The Hall–Kier alpha value is -0.0800. The molecule has 2 heteroatoms. The van der Waals surface area contributed by atoms with E-state index in [1.807, 2.05) is 0 Å². The lowest BCUT2D eigenvalue weighted by atomic mass is 9.70. The van der Waals surface area contributed by atoms with Crippen LogP contribution in [0, 0.1) is 16.7 Å². The molecule has 0 saturated heterocycles. The maximum absolute atomic E-state index is 6.27. The Morgan fingerprint density at radius 1 is 1.33 bits per heavy atom. The summed E-state index contributed by atoms with van der Waals surface area (Å²) in [5.74, 6) is 0.881. The first-order valence-electron chi connectivity index (χ1n) is 7.76. The molecule has 106 valence electrons. The van der Waals surface area contributed by atoms with Crippen LogP contribution in [0.2, 0.25) is 0 Å². The van der Waals surface area contributed by atoms with Crippen LogP contribution in [0.5, 0.6) is 0 Å². The molecule has 4 unspecified atom stereocenters. The third-order valence-corrected chi connectivity index (χ3v) is 6.00. The normalized spacial score (nSPS) is 39.2.